The maximum absolute atomic E-state index is 2.46. The Bertz CT molecular complexity index is 687. The van der Waals surface area contributed by atoms with Gasteiger partial charge in [-0.3, -0.25) is 0 Å². The van der Waals surface area contributed by atoms with E-state index < -0.39 is 0 Å². The molecule has 0 bridgehead atoms. The van der Waals surface area contributed by atoms with Crippen molar-refractivity contribution in [3.63, 3.8) is 0 Å². The van der Waals surface area contributed by atoms with Gasteiger partial charge in [-0.25, -0.2) is 0 Å². The van der Waals surface area contributed by atoms with Crippen LogP contribution in [0.15, 0.2) is 36.4 Å². The van der Waals surface area contributed by atoms with Gasteiger partial charge in [0, 0.05) is 0 Å². The Kier molecular flexibility index (Phi) is 4.20. The summed E-state index contributed by atoms with van der Waals surface area (Å²) in [6.07, 6.45) is 4.39. The molecule has 0 saturated heterocycles. The zero-order valence-electron chi connectivity index (χ0n) is 14.3. The van der Waals surface area contributed by atoms with E-state index in [1.54, 1.807) is 0 Å². The SMILES string of the molecule is CCc1ccc(CC)c2cc3c(CC)ccc(CC)c3cc12. The smallest absolute Gasteiger partial charge is 0.0143 e. The molecule has 0 N–H and O–H groups in total. The van der Waals surface area contributed by atoms with Crippen molar-refractivity contribution in [3.8, 4) is 0 Å². The van der Waals surface area contributed by atoms with Gasteiger partial charge < -0.3 is 0 Å². The molecule has 3 rings (SSSR count). The van der Waals surface area contributed by atoms with Crippen molar-refractivity contribution >= 4 is 21.5 Å². The normalized spacial score (nSPS) is 11.5. The summed E-state index contributed by atoms with van der Waals surface area (Å²) in [6.45, 7) is 9.03. The first kappa shape index (κ1) is 15.1. The summed E-state index contributed by atoms with van der Waals surface area (Å²) in [5.74, 6) is 0. The number of fused-ring (bicyclic) bond motifs is 2. The Labute approximate surface area is 134 Å². The van der Waals surface area contributed by atoms with E-state index in [-0.39, 0.29) is 0 Å². The first-order chi connectivity index (χ1) is 10.7. The Morgan fingerprint density at radius 1 is 0.455 bits per heavy atom. The van der Waals surface area contributed by atoms with Crippen LogP contribution in [0.3, 0.4) is 0 Å². The number of hydrogen-bond donors (Lipinski definition) is 0. The van der Waals surface area contributed by atoms with Crippen molar-refractivity contribution in [3.05, 3.63) is 58.7 Å². The quantitative estimate of drug-likeness (QED) is 0.499. The Morgan fingerprint density at radius 2 is 0.682 bits per heavy atom. The molecular formula is C22H26. The second-order valence-electron chi connectivity index (χ2n) is 6.13. The molecule has 0 spiro atoms. The van der Waals surface area contributed by atoms with Gasteiger partial charge in [-0.15, -0.1) is 0 Å². The summed E-state index contributed by atoms with van der Waals surface area (Å²) in [5.41, 5.74) is 5.88. The van der Waals surface area contributed by atoms with Crippen LogP contribution in [0.1, 0.15) is 49.9 Å². The van der Waals surface area contributed by atoms with Crippen molar-refractivity contribution in [2.24, 2.45) is 0 Å². The summed E-state index contributed by atoms with van der Waals surface area (Å²) in [6, 6.07) is 14.2. The molecule has 0 nitrogen and oxygen atoms in total. The minimum atomic E-state index is 1.10. The van der Waals surface area contributed by atoms with Crippen LogP contribution in [0.2, 0.25) is 0 Å². The Balaban J connectivity index is 2.49. The molecule has 3 aromatic carbocycles. The fourth-order valence-electron chi connectivity index (χ4n) is 3.66. The van der Waals surface area contributed by atoms with Gasteiger partial charge in [0.25, 0.3) is 0 Å². The molecule has 0 fully saturated rings. The van der Waals surface area contributed by atoms with Gasteiger partial charge in [0.05, 0.1) is 0 Å². The highest BCUT2D eigenvalue weighted by Gasteiger charge is 2.10. The van der Waals surface area contributed by atoms with Crippen LogP contribution in [0.4, 0.5) is 0 Å². The molecule has 3 aromatic rings. The third-order valence-corrected chi connectivity index (χ3v) is 5.04. The number of hydrogen-bond acceptors (Lipinski definition) is 0. The molecular weight excluding hydrogens is 264 g/mol. The van der Waals surface area contributed by atoms with E-state index >= 15 is 0 Å². The molecule has 0 saturated carbocycles. The predicted molar refractivity (Wildman–Crippen MR) is 99.0 cm³/mol. The maximum Gasteiger partial charge on any atom is -0.0143 e. The van der Waals surface area contributed by atoms with Crippen molar-refractivity contribution in [2.75, 3.05) is 0 Å². The lowest BCUT2D eigenvalue weighted by atomic mass is 9.90. The molecule has 0 heterocycles. The average Bonchev–Trinajstić information content (AvgIpc) is 2.58. The van der Waals surface area contributed by atoms with Gasteiger partial charge in [-0.05, 0) is 81.6 Å². The van der Waals surface area contributed by atoms with E-state index in [4.69, 9.17) is 0 Å². The molecule has 0 unspecified atom stereocenters. The minimum absolute atomic E-state index is 1.10. The van der Waals surface area contributed by atoms with Crippen LogP contribution in [0, 0.1) is 0 Å². The average molecular weight is 290 g/mol. The second kappa shape index (κ2) is 6.12. The molecule has 0 heteroatoms. The van der Waals surface area contributed by atoms with Crippen LogP contribution in [0.25, 0.3) is 21.5 Å². The van der Waals surface area contributed by atoms with Crippen molar-refractivity contribution in [1.29, 1.82) is 0 Å². The molecule has 0 aliphatic carbocycles. The number of benzene rings is 3. The minimum Gasteiger partial charge on any atom is -0.0613 e. The Hall–Kier alpha value is -1.82. The van der Waals surface area contributed by atoms with E-state index in [1.165, 1.54) is 43.8 Å². The summed E-state index contributed by atoms with van der Waals surface area (Å²) in [4.78, 5) is 0. The first-order valence-electron chi connectivity index (χ1n) is 8.72. The molecule has 0 aliphatic heterocycles. The highest BCUT2D eigenvalue weighted by Crippen LogP contribution is 2.33. The van der Waals surface area contributed by atoms with Crippen LogP contribution >= 0.6 is 0 Å². The van der Waals surface area contributed by atoms with Gasteiger partial charge in [0.15, 0.2) is 0 Å². The van der Waals surface area contributed by atoms with Crippen molar-refractivity contribution in [1.82, 2.24) is 0 Å². The van der Waals surface area contributed by atoms with E-state index in [0.717, 1.165) is 25.7 Å². The monoisotopic (exact) mass is 290 g/mol. The lowest BCUT2D eigenvalue weighted by molar-refractivity contribution is 1.12. The van der Waals surface area contributed by atoms with Crippen LogP contribution in [-0.2, 0) is 25.7 Å². The largest absolute Gasteiger partial charge is 0.0613 e. The fourth-order valence-corrected chi connectivity index (χ4v) is 3.66. The van der Waals surface area contributed by atoms with Gasteiger partial charge in [-0.2, -0.15) is 0 Å². The van der Waals surface area contributed by atoms with Crippen LogP contribution in [0.5, 0.6) is 0 Å². The summed E-state index contributed by atoms with van der Waals surface area (Å²) < 4.78 is 0. The second-order valence-corrected chi connectivity index (χ2v) is 6.13. The van der Waals surface area contributed by atoms with E-state index in [2.05, 4.69) is 64.1 Å². The zero-order valence-corrected chi connectivity index (χ0v) is 14.3. The van der Waals surface area contributed by atoms with Gasteiger partial charge in [0.1, 0.15) is 0 Å². The predicted octanol–water partition coefficient (Wildman–Crippen LogP) is 6.24. The third-order valence-electron chi connectivity index (χ3n) is 5.04. The fraction of sp³-hybridized carbons (Fsp3) is 0.364. The standard InChI is InChI=1S/C22H26/c1-5-15-9-10-16(6-2)20-14-22-18(8-4)12-11-17(7-3)21(22)13-19(15)20/h9-14H,5-8H2,1-4H3. The zero-order chi connectivity index (χ0) is 15.7. The molecule has 114 valence electrons. The lowest BCUT2D eigenvalue weighted by Gasteiger charge is -2.15. The van der Waals surface area contributed by atoms with E-state index in [9.17, 15) is 0 Å². The molecule has 0 aliphatic rings. The van der Waals surface area contributed by atoms with E-state index in [0.29, 0.717) is 0 Å². The topological polar surface area (TPSA) is 0 Å². The maximum atomic E-state index is 2.46. The molecule has 0 amide bonds. The third kappa shape index (κ3) is 2.31. The van der Waals surface area contributed by atoms with Crippen molar-refractivity contribution < 1.29 is 0 Å². The number of rotatable bonds is 4. The molecule has 22 heavy (non-hydrogen) atoms. The van der Waals surface area contributed by atoms with Crippen LogP contribution < -0.4 is 0 Å². The highest BCUT2D eigenvalue weighted by atomic mass is 14.1. The summed E-state index contributed by atoms with van der Waals surface area (Å²) in [7, 11) is 0. The lowest BCUT2D eigenvalue weighted by Crippen LogP contribution is -1.94. The molecule has 0 atom stereocenters. The summed E-state index contributed by atoms with van der Waals surface area (Å²) in [5, 5.41) is 5.82. The molecule has 0 radical (unpaired) electrons. The highest BCUT2D eigenvalue weighted by molar-refractivity contribution is 6.03. The number of aryl methyl sites for hydroxylation is 4. The van der Waals surface area contributed by atoms with E-state index in [1.807, 2.05) is 0 Å². The van der Waals surface area contributed by atoms with Gasteiger partial charge in [0.2, 0.25) is 0 Å². The first-order valence-corrected chi connectivity index (χ1v) is 8.72. The molecule has 0 aromatic heterocycles. The van der Waals surface area contributed by atoms with Crippen molar-refractivity contribution in [2.45, 2.75) is 53.4 Å². The Morgan fingerprint density at radius 3 is 0.864 bits per heavy atom. The van der Waals surface area contributed by atoms with Gasteiger partial charge >= 0.3 is 0 Å². The van der Waals surface area contributed by atoms with Crippen LogP contribution in [-0.4, -0.2) is 0 Å². The summed E-state index contributed by atoms with van der Waals surface area (Å²) >= 11 is 0. The van der Waals surface area contributed by atoms with Gasteiger partial charge in [-0.1, -0.05) is 52.0 Å².